The van der Waals surface area contributed by atoms with Crippen LogP contribution < -0.4 is 14.9 Å². The van der Waals surface area contributed by atoms with Crippen molar-refractivity contribution in [1.82, 2.24) is 4.68 Å². The van der Waals surface area contributed by atoms with Gasteiger partial charge in [0.15, 0.2) is 0 Å². The first-order valence-corrected chi connectivity index (χ1v) is 6.09. The van der Waals surface area contributed by atoms with Crippen LogP contribution in [-0.2, 0) is 0 Å². The fraction of sp³-hybridized carbons (Fsp3) is 0.286. The van der Waals surface area contributed by atoms with Crippen LogP contribution in [0.4, 0.5) is 0 Å². The number of hydrogen-bond donors (Lipinski definition) is 2. The first-order valence-electron chi connectivity index (χ1n) is 6.09. The molecule has 19 heavy (non-hydrogen) atoms. The van der Waals surface area contributed by atoms with Crippen molar-refractivity contribution < 1.29 is 14.6 Å². The molecule has 1 heterocycles. The Morgan fingerprint density at radius 1 is 1.21 bits per heavy atom. The molecule has 0 bridgehead atoms. The van der Waals surface area contributed by atoms with Gasteiger partial charge in [-0.2, -0.15) is 0 Å². The lowest BCUT2D eigenvalue weighted by Crippen LogP contribution is -2.30. The van der Waals surface area contributed by atoms with Gasteiger partial charge in [0.25, 0.3) is 0 Å². The zero-order valence-corrected chi connectivity index (χ0v) is 10.8. The van der Waals surface area contributed by atoms with Gasteiger partial charge in [0.2, 0.25) is 0 Å². The Labute approximate surface area is 112 Å². The largest absolute Gasteiger partial charge is 0.497 e. The van der Waals surface area contributed by atoms with E-state index in [1.807, 2.05) is 42.7 Å². The number of ether oxygens (including phenoxy) is 2. The number of rotatable bonds is 7. The van der Waals surface area contributed by atoms with E-state index >= 15 is 0 Å². The molecule has 0 spiro atoms. The third-order valence-corrected chi connectivity index (χ3v) is 2.60. The first-order chi connectivity index (χ1) is 9.28. The molecule has 0 saturated heterocycles. The van der Waals surface area contributed by atoms with Gasteiger partial charge in [0.05, 0.1) is 13.7 Å². The maximum atomic E-state index is 9.80. The van der Waals surface area contributed by atoms with Crippen molar-refractivity contribution in [3.8, 4) is 11.5 Å². The highest BCUT2D eigenvalue weighted by molar-refractivity contribution is 5.32. The van der Waals surface area contributed by atoms with Crippen LogP contribution in [0.3, 0.4) is 0 Å². The van der Waals surface area contributed by atoms with E-state index < -0.39 is 6.10 Å². The molecule has 0 amide bonds. The molecule has 5 heteroatoms. The molecule has 0 radical (unpaired) electrons. The monoisotopic (exact) mass is 262 g/mol. The van der Waals surface area contributed by atoms with E-state index in [-0.39, 0.29) is 6.61 Å². The molecule has 1 unspecified atom stereocenters. The van der Waals surface area contributed by atoms with E-state index in [0.29, 0.717) is 12.3 Å². The molecule has 1 aromatic heterocycles. The molecule has 2 N–H and O–H groups in total. The van der Waals surface area contributed by atoms with E-state index in [1.54, 1.807) is 17.9 Å². The molecule has 0 saturated carbocycles. The van der Waals surface area contributed by atoms with Gasteiger partial charge in [-0.1, -0.05) is 6.07 Å². The summed E-state index contributed by atoms with van der Waals surface area (Å²) in [5.41, 5.74) is 3.05. The van der Waals surface area contributed by atoms with Crippen LogP contribution in [0.2, 0.25) is 0 Å². The van der Waals surface area contributed by atoms with Crippen molar-refractivity contribution in [1.29, 1.82) is 0 Å². The number of aliphatic hydroxyl groups is 1. The third kappa shape index (κ3) is 4.22. The number of nitrogens with one attached hydrogen (secondary N) is 1. The highest BCUT2D eigenvalue weighted by Gasteiger charge is 2.05. The highest BCUT2D eigenvalue weighted by Crippen LogP contribution is 2.18. The van der Waals surface area contributed by atoms with Crippen molar-refractivity contribution in [2.75, 3.05) is 25.7 Å². The van der Waals surface area contributed by atoms with E-state index in [2.05, 4.69) is 5.43 Å². The van der Waals surface area contributed by atoms with Crippen molar-refractivity contribution >= 4 is 0 Å². The maximum Gasteiger partial charge on any atom is 0.123 e. The second-order valence-corrected chi connectivity index (χ2v) is 4.10. The van der Waals surface area contributed by atoms with Gasteiger partial charge >= 0.3 is 0 Å². The van der Waals surface area contributed by atoms with Gasteiger partial charge in [-0.05, 0) is 24.3 Å². The Balaban J connectivity index is 1.74. The summed E-state index contributed by atoms with van der Waals surface area (Å²) in [6, 6.07) is 11.1. The number of aromatic nitrogens is 1. The van der Waals surface area contributed by atoms with Crippen LogP contribution >= 0.6 is 0 Å². The second kappa shape index (κ2) is 6.70. The minimum atomic E-state index is -0.589. The predicted octanol–water partition coefficient (Wildman–Crippen LogP) is 1.48. The van der Waals surface area contributed by atoms with E-state index in [1.165, 1.54) is 0 Å². The van der Waals surface area contributed by atoms with Crippen molar-refractivity contribution in [2.24, 2.45) is 0 Å². The molecule has 1 aromatic carbocycles. The van der Waals surface area contributed by atoms with Crippen molar-refractivity contribution in [3.05, 3.63) is 48.8 Å². The Morgan fingerprint density at radius 2 is 1.95 bits per heavy atom. The SMILES string of the molecule is COc1cccc(OCC(O)CNn2cccc2)c1. The molecule has 0 fully saturated rings. The van der Waals surface area contributed by atoms with E-state index in [0.717, 1.165) is 5.75 Å². The second-order valence-electron chi connectivity index (χ2n) is 4.10. The van der Waals surface area contributed by atoms with E-state index in [4.69, 9.17) is 9.47 Å². The maximum absolute atomic E-state index is 9.80. The van der Waals surface area contributed by atoms with Gasteiger partial charge < -0.3 is 20.0 Å². The van der Waals surface area contributed by atoms with Crippen LogP contribution in [0.15, 0.2) is 48.8 Å². The van der Waals surface area contributed by atoms with Crippen LogP contribution in [0.5, 0.6) is 11.5 Å². The molecule has 0 aliphatic heterocycles. The summed E-state index contributed by atoms with van der Waals surface area (Å²) in [4.78, 5) is 0. The summed E-state index contributed by atoms with van der Waals surface area (Å²) < 4.78 is 12.4. The summed E-state index contributed by atoms with van der Waals surface area (Å²) in [7, 11) is 1.61. The molecular weight excluding hydrogens is 244 g/mol. The smallest absolute Gasteiger partial charge is 0.123 e. The lowest BCUT2D eigenvalue weighted by atomic mass is 10.3. The van der Waals surface area contributed by atoms with Gasteiger partial charge in [-0.3, -0.25) is 4.68 Å². The first kappa shape index (κ1) is 13.3. The Morgan fingerprint density at radius 3 is 2.68 bits per heavy atom. The minimum Gasteiger partial charge on any atom is -0.497 e. The normalized spacial score (nSPS) is 11.9. The summed E-state index contributed by atoms with van der Waals surface area (Å²) in [6.45, 7) is 0.639. The number of aliphatic hydroxyl groups excluding tert-OH is 1. The standard InChI is InChI=1S/C14H18N2O3/c1-18-13-5-4-6-14(9-13)19-11-12(17)10-15-16-7-2-3-8-16/h2-9,12,15,17H,10-11H2,1H3. The zero-order valence-electron chi connectivity index (χ0n) is 10.8. The molecule has 2 aromatic rings. The van der Waals surface area contributed by atoms with Crippen LogP contribution in [0.1, 0.15) is 0 Å². The van der Waals surface area contributed by atoms with Gasteiger partial charge in [0.1, 0.15) is 24.2 Å². The van der Waals surface area contributed by atoms with Gasteiger partial charge in [0, 0.05) is 18.5 Å². The number of nitrogens with zero attached hydrogens (tertiary/aromatic N) is 1. The van der Waals surface area contributed by atoms with Crippen molar-refractivity contribution in [2.45, 2.75) is 6.10 Å². The van der Waals surface area contributed by atoms with Crippen LogP contribution in [0, 0.1) is 0 Å². The zero-order chi connectivity index (χ0) is 13.5. The van der Waals surface area contributed by atoms with Gasteiger partial charge in [-0.15, -0.1) is 0 Å². The molecule has 2 rings (SSSR count). The third-order valence-electron chi connectivity index (χ3n) is 2.60. The molecule has 5 nitrogen and oxygen atoms in total. The molecule has 102 valence electrons. The summed E-state index contributed by atoms with van der Waals surface area (Å²) in [5.74, 6) is 1.41. The predicted molar refractivity (Wildman–Crippen MR) is 73.2 cm³/mol. The quantitative estimate of drug-likeness (QED) is 0.793. The lowest BCUT2D eigenvalue weighted by molar-refractivity contribution is 0.115. The van der Waals surface area contributed by atoms with Crippen molar-refractivity contribution in [3.63, 3.8) is 0 Å². The summed E-state index contributed by atoms with van der Waals surface area (Å²) in [5, 5.41) is 9.80. The average Bonchev–Trinajstić information content (AvgIpc) is 2.96. The number of methoxy groups -OCH3 is 1. The van der Waals surface area contributed by atoms with E-state index in [9.17, 15) is 5.11 Å². The Kier molecular flexibility index (Phi) is 4.69. The summed E-state index contributed by atoms with van der Waals surface area (Å²) in [6.07, 6.45) is 3.15. The highest BCUT2D eigenvalue weighted by atomic mass is 16.5. The molecular formula is C14H18N2O3. The van der Waals surface area contributed by atoms with Crippen LogP contribution in [0.25, 0.3) is 0 Å². The fourth-order valence-corrected chi connectivity index (χ4v) is 1.59. The number of benzene rings is 1. The fourth-order valence-electron chi connectivity index (χ4n) is 1.59. The topological polar surface area (TPSA) is 55.6 Å². The minimum absolute atomic E-state index is 0.224. The Bertz CT molecular complexity index is 485. The summed E-state index contributed by atoms with van der Waals surface area (Å²) >= 11 is 0. The lowest BCUT2D eigenvalue weighted by Gasteiger charge is -2.14. The Hall–Kier alpha value is -2.14. The van der Waals surface area contributed by atoms with Gasteiger partial charge in [-0.25, -0.2) is 0 Å². The van der Waals surface area contributed by atoms with Crippen LogP contribution in [-0.4, -0.2) is 36.1 Å². The molecule has 1 atom stereocenters. The molecule has 0 aliphatic carbocycles. The number of hydrogen-bond acceptors (Lipinski definition) is 4. The average molecular weight is 262 g/mol. The molecule has 0 aliphatic rings.